The second-order valence-corrected chi connectivity index (χ2v) is 5.49. The van der Waals surface area contributed by atoms with Gasteiger partial charge in [-0.25, -0.2) is 0 Å². The van der Waals surface area contributed by atoms with E-state index in [-0.39, 0.29) is 6.10 Å². The molecule has 1 heterocycles. The van der Waals surface area contributed by atoms with Crippen LogP contribution in [0.3, 0.4) is 0 Å². The van der Waals surface area contributed by atoms with Crippen LogP contribution in [0.15, 0.2) is 12.7 Å². The van der Waals surface area contributed by atoms with Crippen molar-refractivity contribution in [1.29, 1.82) is 0 Å². The highest BCUT2D eigenvalue weighted by Crippen LogP contribution is 2.30. The predicted molar refractivity (Wildman–Crippen MR) is 72.0 cm³/mol. The molecule has 1 aliphatic heterocycles. The minimum atomic E-state index is -0.429. The Balaban J connectivity index is 2.34. The van der Waals surface area contributed by atoms with Gasteiger partial charge in [0.05, 0.1) is 12.2 Å². The molecular weight excluding hydrogens is 212 g/mol. The normalized spacial score (nSPS) is 27.9. The Labute approximate surface area is 106 Å². The van der Waals surface area contributed by atoms with Crippen molar-refractivity contribution in [1.82, 2.24) is 0 Å². The van der Waals surface area contributed by atoms with Gasteiger partial charge >= 0.3 is 0 Å². The minimum absolute atomic E-state index is 0.285. The molecule has 17 heavy (non-hydrogen) atoms. The molecule has 1 saturated heterocycles. The van der Waals surface area contributed by atoms with Crippen molar-refractivity contribution >= 4 is 0 Å². The van der Waals surface area contributed by atoms with Crippen LogP contribution in [-0.4, -0.2) is 18.0 Å². The van der Waals surface area contributed by atoms with Gasteiger partial charge in [-0.1, -0.05) is 38.7 Å². The Bertz CT molecular complexity index is 223. The number of hydrogen-bond donors (Lipinski definition) is 0. The van der Waals surface area contributed by atoms with E-state index in [1.807, 2.05) is 19.9 Å². The fraction of sp³-hybridized carbons (Fsp3) is 0.867. The van der Waals surface area contributed by atoms with E-state index in [2.05, 4.69) is 13.5 Å². The molecule has 1 aliphatic rings. The van der Waals surface area contributed by atoms with Gasteiger partial charge in [0.15, 0.2) is 5.79 Å². The minimum Gasteiger partial charge on any atom is -0.347 e. The molecule has 2 heteroatoms. The van der Waals surface area contributed by atoms with Crippen molar-refractivity contribution in [2.75, 3.05) is 0 Å². The molecule has 0 aliphatic carbocycles. The standard InChI is InChI=1S/C15H28O2/c1-5-7-8-9-11-14-12-13(10-6-2)16-15(3,4)17-14/h6,13-14H,2,5,7-12H2,1,3-4H3/t13-,14+/m1/s1. The maximum Gasteiger partial charge on any atom is 0.163 e. The summed E-state index contributed by atoms with van der Waals surface area (Å²) in [5, 5.41) is 0. The molecule has 2 atom stereocenters. The molecule has 0 spiro atoms. The highest BCUT2D eigenvalue weighted by atomic mass is 16.7. The molecule has 0 radical (unpaired) electrons. The number of rotatable bonds is 7. The monoisotopic (exact) mass is 240 g/mol. The Morgan fingerprint density at radius 3 is 2.53 bits per heavy atom. The van der Waals surface area contributed by atoms with Gasteiger partial charge in [0.2, 0.25) is 0 Å². The summed E-state index contributed by atoms with van der Waals surface area (Å²) in [7, 11) is 0. The molecular formula is C15H28O2. The van der Waals surface area contributed by atoms with Crippen LogP contribution in [0, 0.1) is 0 Å². The lowest BCUT2D eigenvalue weighted by atomic mass is 10.0. The number of hydrogen-bond acceptors (Lipinski definition) is 2. The van der Waals surface area contributed by atoms with E-state index in [0.717, 1.165) is 12.8 Å². The molecule has 0 saturated carbocycles. The topological polar surface area (TPSA) is 18.5 Å². The largest absolute Gasteiger partial charge is 0.347 e. The van der Waals surface area contributed by atoms with E-state index in [9.17, 15) is 0 Å². The summed E-state index contributed by atoms with van der Waals surface area (Å²) < 4.78 is 11.9. The first-order valence-electron chi connectivity index (χ1n) is 7.04. The lowest BCUT2D eigenvalue weighted by molar-refractivity contribution is -0.299. The van der Waals surface area contributed by atoms with Gasteiger partial charge in [-0.3, -0.25) is 0 Å². The van der Waals surface area contributed by atoms with Crippen LogP contribution < -0.4 is 0 Å². The van der Waals surface area contributed by atoms with Gasteiger partial charge in [-0.15, -0.1) is 6.58 Å². The second kappa shape index (κ2) is 7.17. The molecule has 1 fully saturated rings. The second-order valence-electron chi connectivity index (χ2n) is 5.49. The molecule has 0 unspecified atom stereocenters. The van der Waals surface area contributed by atoms with Gasteiger partial charge < -0.3 is 9.47 Å². The first-order chi connectivity index (χ1) is 8.07. The quantitative estimate of drug-likeness (QED) is 0.483. The predicted octanol–water partition coefficient (Wildman–Crippen LogP) is 4.44. The van der Waals surface area contributed by atoms with Crippen molar-refractivity contribution in [2.24, 2.45) is 0 Å². The Hall–Kier alpha value is -0.340. The van der Waals surface area contributed by atoms with Gasteiger partial charge in [-0.2, -0.15) is 0 Å². The van der Waals surface area contributed by atoms with Crippen LogP contribution in [0.2, 0.25) is 0 Å². The molecule has 0 amide bonds. The van der Waals surface area contributed by atoms with Crippen LogP contribution in [0.4, 0.5) is 0 Å². The molecule has 0 aromatic rings. The molecule has 0 N–H and O–H groups in total. The SMILES string of the molecule is C=CC[C@@H]1C[C@H](CCCCCC)OC(C)(C)O1. The van der Waals surface area contributed by atoms with Crippen LogP contribution >= 0.6 is 0 Å². The summed E-state index contributed by atoms with van der Waals surface area (Å²) in [4.78, 5) is 0. The zero-order chi connectivity index (χ0) is 12.7. The summed E-state index contributed by atoms with van der Waals surface area (Å²) >= 11 is 0. The maximum absolute atomic E-state index is 5.97. The van der Waals surface area contributed by atoms with Crippen LogP contribution in [-0.2, 0) is 9.47 Å². The Morgan fingerprint density at radius 1 is 1.18 bits per heavy atom. The van der Waals surface area contributed by atoms with Gasteiger partial charge in [0.25, 0.3) is 0 Å². The van der Waals surface area contributed by atoms with Crippen LogP contribution in [0.5, 0.6) is 0 Å². The highest BCUT2D eigenvalue weighted by molar-refractivity contribution is 4.81. The van der Waals surface area contributed by atoms with E-state index in [1.54, 1.807) is 0 Å². The summed E-state index contributed by atoms with van der Waals surface area (Å²) in [6.45, 7) is 10.1. The van der Waals surface area contributed by atoms with Gasteiger partial charge in [0, 0.05) is 6.42 Å². The van der Waals surface area contributed by atoms with Crippen molar-refractivity contribution in [2.45, 2.75) is 83.7 Å². The fourth-order valence-electron chi connectivity index (χ4n) is 2.53. The van der Waals surface area contributed by atoms with Crippen molar-refractivity contribution < 1.29 is 9.47 Å². The highest BCUT2D eigenvalue weighted by Gasteiger charge is 2.34. The summed E-state index contributed by atoms with van der Waals surface area (Å²) in [5.41, 5.74) is 0. The van der Waals surface area contributed by atoms with E-state index < -0.39 is 5.79 Å². The van der Waals surface area contributed by atoms with Crippen molar-refractivity contribution in [3.63, 3.8) is 0 Å². The number of ether oxygens (including phenoxy) is 2. The third-order valence-electron chi connectivity index (χ3n) is 3.24. The molecule has 0 aromatic carbocycles. The molecule has 0 aromatic heterocycles. The van der Waals surface area contributed by atoms with E-state index in [0.29, 0.717) is 6.10 Å². The van der Waals surface area contributed by atoms with Crippen LogP contribution in [0.1, 0.15) is 65.7 Å². The lowest BCUT2D eigenvalue weighted by Gasteiger charge is -2.40. The molecule has 2 nitrogen and oxygen atoms in total. The summed E-state index contributed by atoms with van der Waals surface area (Å²) in [5.74, 6) is -0.429. The van der Waals surface area contributed by atoms with Crippen molar-refractivity contribution in [3.8, 4) is 0 Å². The fourth-order valence-corrected chi connectivity index (χ4v) is 2.53. The third kappa shape index (κ3) is 5.69. The molecule has 0 bridgehead atoms. The van der Waals surface area contributed by atoms with E-state index >= 15 is 0 Å². The smallest absolute Gasteiger partial charge is 0.163 e. The average molecular weight is 240 g/mol. The lowest BCUT2D eigenvalue weighted by Crippen LogP contribution is -2.44. The Kier molecular flexibility index (Phi) is 6.21. The number of unbranched alkanes of at least 4 members (excludes halogenated alkanes) is 3. The maximum atomic E-state index is 5.97. The zero-order valence-corrected chi connectivity index (χ0v) is 11.7. The van der Waals surface area contributed by atoms with E-state index in [1.165, 1.54) is 32.1 Å². The van der Waals surface area contributed by atoms with Crippen molar-refractivity contribution in [3.05, 3.63) is 12.7 Å². The first kappa shape index (κ1) is 14.7. The average Bonchev–Trinajstić information content (AvgIpc) is 2.23. The summed E-state index contributed by atoms with van der Waals surface area (Å²) in [6, 6.07) is 0. The molecule has 100 valence electrons. The van der Waals surface area contributed by atoms with Crippen LogP contribution in [0.25, 0.3) is 0 Å². The van der Waals surface area contributed by atoms with E-state index in [4.69, 9.17) is 9.47 Å². The Morgan fingerprint density at radius 2 is 1.88 bits per heavy atom. The van der Waals surface area contributed by atoms with Gasteiger partial charge in [0.1, 0.15) is 0 Å². The first-order valence-corrected chi connectivity index (χ1v) is 7.04. The zero-order valence-electron chi connectivity index (χ0n) is 11.7. The summed E-state index contributed by atoms with van der Waals surface area (Å²) in [6.07, 6.45) is 10.9. The molecule has 1 rings (SSSR count). The third-order valence-corrected chi connectivity index (χ3v) is 3.24. The van der Waals surface area contributed by atoms with Gasteiger partial charge in [-0.05, 0) is 26.7 Å².